The molecule has 2 aromatic carbocycles. The molecular weight excluding hydrogens is 393 g/mol. The second-order valence-corrected chi connectivity index (χ2v) is 8.31. The first kappa shape index (κ1) is 20.3. The number of benzene rings is 2. The van der Waals surface area contributed by atoms with Gasteiger partial charge in [-0.2, -0.15) is 13.2 Å². The summed E-state index contributed by atoms with van der Waals surface area (Å²) >= 11 is 0. The third kappa shape index (κ3) is 4.71. The molecule has 1 aliphatic heterocycles. The molecule has 0 radical (unpaired) electrons. The van der Waals surface area contributed by atoms with Gasteiger partial charge in [0.15, 0.2) is 0 Å². The molecule has 5 nitrogen and oxygen atoms in total. The second-order valence-electron chi connectivity index (χ2n) is 6.54. The van der Waals surface area contributed by atoms with Crippen molar-refractivity contribution in [2.75, 3.05) is 13.1 Å². The van der Waals surface area contributed by atoms with E-state index in [-0.39, 0.29) is 31.0 Å². The zero-order valence-corrected chi connectivity index (χ0v) is 15.7. The molecule has 0 atom stereocenters. The fourth-order valence-electron chi connectivity index (χ4n) is 3.11. The van der Waals surface area contributed by atoms with Crippen molar-refractivity contribution in [3.05, 3.63) is 65.2 Å². The third-order valence-corrected chi connectivity index (χ3v) is 6.04. The lowest BCUT2D eigenvalue weighted by Crippen LogP contribution is -2.43. The molecule has 0 saturated carbocycles. The number of carbonyl (C=O) groups is 1. The highest BCUT2D eigenvalue weighted by Crippen LogP contribution is 2.26. The highest BCUT2D eigenvalue weighted by atomic mass is 32.2. The van der Waals surface area contributed by atoms with Crippen molar-refractivity contribution in [2.45, 2.75) is 30.5 Å². The fourth-order valence-corrected chi connectivity index (χ4v) is 4.19. The zero-order chi connectivity index (χ0) is 20.4. The van der Waals surface area contributed by atoms with Crippen LogP contribution in [0.4, 0.5) is 13.2 Å². The van der Waals surface area contributed by atoms with Crippen molar-refractivity contribution in [1.82, 2.24) is 9.62 Å². The largest absolute Gasteiger partial charge is 0.471 e. The van der Waals surface area contributed by atoms with Crippen LogP contribution in [0.5, 0.6) is 0 Å². The van der Waals surface area contributed by atoms with Crippen LogP contribution in [-0.2, 0) is 34.2 Å². The molecule has 0 fully saturated rings. The predicted octanol–water partition coefficient (Wildman–Crippen LogP) is 2.65. The summed E-state index contributed by atoms with van der Waals surface area (Å²) in [5.41, 5.74) is 2.14. The Morgan fingerprint density at radius 1 is 1.07 bits per heavy atom. The fraction of sp³-hybridized carbons (Fsp3) is 0.316. The molecule has 150 valence electrons. The van der Waals surface area contributed by atoms with E-state index in [1.54, 1.807) is 6.07 Å². The van der Waals surface area contributed by atoms with Crippen LogP contribution >= 0.6 is 0 Å². The SMILES string of the molecule is O=C(N1CCc2ccc(S(=O)(=O)NCCc3ccccc3)cc2C1)C(F)(F)F. The van der Waals surface area contributed by atoms with Crippen LogP contribution in [0.1, 0.15) is 16.7 Å². The molecular formula is C19H19F3N2O3S. The van der Waals surface area contributed by atoms with Gasteiger partial charge in [-0.05, 0) is 41.7 Å². The first-order chi connectivity index (χ1) is 13.2. The highest BCUT2D eigenvalue weighted by molar-refractivity contribution is 7.89. The molecule has 9 heteroatoms. The molecule has 0 aliphatic carbocycles. The molecule has 3 rings (SSSR count). The quantitative estimate of drug-likeness (QED) is 0.821. The number of nitrogens with one attached hydrogen (secondary N) is 1. The third-order valence-electron chi connectivity index (χ3n) is 4.58. The van der Waals surface area contributed by atoms with Gasteiger partial charge in [0.25, 0.3) is 0 Å². The summed E-state index contributed by atoms with van der Waals surface area (Å²) in [6.07, 6.45) is -4.18. The van der Waals surface area contributed by atoms with E-state index in [2.05, 4.69) is 4.72 Å². The average molecular weight is 412 g/mol. The minimum atomic E-state index is -4.94. The number of nitrogens with zero attached hydrogens (tertiary/aromatic N) is 1. The van der Waals surface area contributed by atoms with Gasteiger partial charge in [0.05, 0.1) is 4.90 Å². The van der Waals surface area contributed by atoms with E-state index >= 15 is 0 Å². The number of halogens is 3. The summed E-state index contributed by atoms with van der Waals surface area (Å²) in [5.74, 6) is -1.91. The van der Waals surface area contributed by atoms with Gasteiger partial charge in [0.2, 0.25) is 10.0 Å². The monoisotopic (exact) mass is 412 g/mol. The summed E-state index contributed by atoms with van der Waals surface area (Å²) < 4.78 is 65.5. The molecule has 0 saturated heterocycles. The van der Waals surface area contributed by atoms with E-state index in [4.69, 9.17) is 0 Å². The Morgan fingerprint density at radius 3 is 2.46 bits per heavy atom. The number of sulfonamides is 1. The van der Waals surface area contributed by atoms with Gasteiger partial charge in [-0.15, -0.1) is 0 Å². The smallest absolute Gasteiger partial charge is 0.330 e. The van der Waals surface area contributed by atoms with Crippen LogP contribution in [0.25, 0.3) is 0 Å². The minimum absolute atomic E-state index is 0.0272. The average Bonchev–Trinajstić information content (AvgIpc) is 2.66. The maximum atomic E-state index is 12.7. The molecule has 0 bridgehead atoms. The molecule has 28 heavy (non-hydrogen) atoms. The Kier molecular flexibility index (Phi) is 5.76. The maximum Gasteiger partial charge on any atom is 0.471 e. The number of amides is 1. The zero-order valence-electron chi connectivity index (χ0n) is 14.9. The Labute approximate surface area is 161 Å². The van der Waals surface area contributed by atoms with Crippen molar-refractivity contribution < 1.29 is 26.4 Å². The molecule has 0 aromatic heterocycles. The molecule has 0 spiro atoms. The lowest BCUT2D eigenvalue weighted by Gasteiger charge is -2.29. The number of fused-ring (bicyclic) bond motifs is 1. The van der Waals surface area contributed by atoms with Crippen LogP contribution in [0.3, 0.4) is 0 Å². The predicted molar refractivity (Wildman–Crippen MR) is 97.0 cm³/mol. The van der Waals surface area contributed by atoms with Gasteiger partial charge in [-0.3, -0.25) is 4.79 Å². The summed E-state index contributed by atoms with van der Waals surface area (Å²) in [6, 6.07) is 13.7. The molecule has 1 N–H and O–H groups in total. The molecule has 1 amide bonds. The number of carbonyl (C=O) groups excluding carboxylic acids is 1. The van der Waals surface area contributed by atoms with E-state index in [9.17, 15) is 26.4 Å². The topological polar surface area (TPSA) is 66.5 Å². The molecule has 2 aromatic rings. The van der Waals surface area contributed by atoms with Crippen LogP contribution in [0, 0.1) is 0 Å². The van der Waals surface area contributed by atoms with Crippen molar-refractivity contribution in [1.29, 1.82) is 0 Å². The van der Waals surface area contributed by atoms with Crippen LogP contribution < -0.4 is 4.72 Å². The maximum absolute atomic E-state index is 12.7. The van der Waals surface area contributed by atoms with E-state index in [1.807, 2.05) is 30.3 Å². The molecule has 1 aliphatic rings. The Hall–Kier alpha value is -2.39. The normalized spacial score (nSPS) is 14.6. The first-order valence-corrected chi connectivity index (χ1v) is 10.2. The summed E-state index contributed by atoms with van der Waals surface area (Å²) in [5, 5.41) is 0. The second kappa shape index (κ2) is 7.92. The van der Waals surface area contributed by atoms with Gasteiger partial charge in [0, 0.05) is 19.6 Å². The minimum Gasteiger partial charge on any atom is -0.330 e. The Bertz CT molecular complexity index is 960. The van der Waals surface area contributed by atoms with E-state index in [1.165, 1.54) is 12.1 Å². The summed E-state index contributed by atoms with van der Waals surface area (Å²) in [4.78, 5) is 12.1. The van der Waals surface area contributed by atoms with E-state index in [0.717, 1.165) is 11.1 Å². The van der Waals surface area contributed by atoms with Crippen LogP contribution in [0.2, 0.25) is 0 Å². The van der Waals surface area contributed by atoms with E-state index in [0.29, 0.717) is 16.9 Å². The summed E-state index contributed by atoms with van der Waals surface area (Å²) in [7, 11) is -3.81. The highest BCUT2D eigenvalue weighted by Gasteiger charge is 2.43. The number of alkyl halides is 3. The van der Waals surface area contributed by atoms with Crippen LogP contribution in [-0.4, -0.2) is 38.5 Å². The first-order valence-electron chi connectivity index (χ1n) is 8.68. The van der Waals surface area contributed by atoms with Crippen molar-refractivity contribution in [2.24, 2.45) is 0 Å². The van der Waals surface area contributed by atoms with Crippen molar-refractivity contribution >= 4 is 15.9 Å². The Morgan fingerprint density at radius 2 is 1.79 bits per heavy atom. The molecule has 0 unspecified atom stereocenters. The van der Waals surface area contributed by atoms with Crippen molar-refractivity contribution in [3.8, 4) is 0 Å². The van der Waals surface area contributed by atoms with Gasteiger partial charge in [-0.1, -0.05) is 36.4 Å². The van der Waals surface area contributed by atoms with Crippen LogP contribution in [0.15, 0.2) is 53.4 Å². The van der Waals surface area contributed by atoms with Gasteiger partial charge >= 0.3 is 12.1 Å². The standard InChI is InChI=1S/C19H19F3N2O3S/c20-19(21,22)18(25)24-11-9-15-6-7-17(12-16(15)13-24)28(26,27)23-10-8-14-4-2-1-3-5-14/h1-7,12,23H,8-11,13H2. The number of hydrogen-bond donors (Lipinski definition) is 1. The van der Waals surface area contributed by atoms with Gasteiger partial charge in [-0.25, -0.2) is 13.1 Å². The van der Waals surface area contributed by atoms with E-state index < -0.39 is 22.1 Å². The number of rotatable bonds is 5. The number of hydrogen-bond acceptors (Lipinski definition) is 3. The molecule has 1 heterocycles. The lowest BCUT2D eigenvalue weighted by molar-refractivity contribution is -0.186. The van der Waals surface area contributed by atoms with Crippen molar-refractivity contribution in [3.63, 3.8) is 0 Å². The van der Waals surface area contributed by atoms with Gasteiger partial charge in [0.1, 0.15) is 0 Å². The lowest BCUT2D eigenvalue weighted by atomic mass is 10.00. The van der Waals surface area contributed by atoms with Gasteiger partial charge < -0.3 is 4.90 Å². The Balaban J connectivity index is 1.71. The summed E-state index contributed by atoms with van der Waals surface area (Å²) in [6.45, 7) is -0.115.